The summed E-state index contributed by atoms with van der Waals surface area (Å²) < 4.78 is 9.28. The zero-order valence-corrected chi connectivity index (χ0v) is 13.4. The number of carbonyl (C=O) groups excluding carboxylic acids is 3. The van der Waals surface area contributed by atoms with Gasteiger partial charge in [0.2, 0.25) is 0 Å². The molecule has 21 heavy (non-hydrogen) atoms. The number of esters is 1. The molecule has 0 aromatic heterocycles. The van der Waals surface area contributed by atoms with Crippen molar-refractivity contribution in [3.8, 4) is 0 Å². The first kappa shape index (κ1) is 19.6. The number of hydrogen-bond acceptors (Lipinski definition) is 6. The Labute approximate surface area is 126 Å². The minimum Gasteiger partial charge on any atom is -0.466 e. The van der Waals surface area contributed by atoms with Crippen LogP contribution in [0.3, 0.4) is 0 Å². The molecule has 0 bridgehead atoms. The number of hydrogen-bond donors (Lipinski definition) is 1. The molecule has 0 amide bonds. The number of carbonyl (C=O) groups is 3. The number of nitrogens with one attached hydrogen (secondary N) is 1. The van der Waals surface area contributed by atoms with Crippen LogP contribution in [-0.2, 0) is 23.9 Å². The highest BCUT2D eigenvalue weighted by molar-refractivity contribution is 5.96. The highest BCUT2D eigenvalue weighted by Gasteiger charge is 2.23. The lowest BCUT2D eigenvalue weighted by molar-refractivity contribution is -0.146. The zero-order valence-electron chi connectivity index (χ0n) is 13.4. The van der Waals surface area contributed by atoms with Gasteiger partial charge in [-0.2, -0.15) is 0 Å². The summed E-state index contributed by atoms with van der Waals surface area (Å²) in [6.45, 7) is 9.76. The molecule has 0 atom stereocenters. The fourth-order valence-electron chi connectivity index (χ4n) is 1.79. The van der Waals surface area contributed by atoms with Crippen molar-refractivity contribution < 1.29 is 23.9 Å². The third-order valence-electron chi connectivity index (χ3n) is 2.82. The Morgan fingerprint density at radius 2 is 1.81 bits per heavy atom. The van der Waals surface area contributed by atoms with E-state index in [1.807, 2.05) is 20.8 Å². The summed E-state index contributed by atoms with van der Waals surface area (Å²) in [5.41, 5.74) is -0.318. The summed E-state index contributed by atoms with van der Waals surface area (Å²) in [5, 5.41) is 3.18. The van der Waals surface area contributed by atoms with Crippen LogP contribution < -0.4 is 5.32 Å². The molecule has 1 aliphatic rings. The number of rotatable bonds is 5. The van der Waals surface area contributed by atoms with Gasteiger partial charge in [-0.1, -0.05) is 0 Å². The maximum Gasteiger partial charge on any atom is 0.313 e. The third kappa shape index (κ3) is 11.0. The SMILES string of the molecule is CC(C)(C)OC=O.CCOC(=O)CC(=O)C1CCNCC1. The van der Waals surface area contributed by atoms with Gasteiger partial charge >= 0.3 is 5.97 Å². The molecule has 0 aromatic carbocycles. The molecule has 1 fully saturated rings. The normalized spacial score (nSPS) is 15.4. The quantitative estimate of drug-likeness (QED) is 0.470. The van der Waals surface area contributed by atoms with Crippen molar-refractivity contribution in [1.82, 2.24) is 5.32 Å². The highest BCUT2D eigenvalue weighted by atomic mass is 16.5. The molecule has 1 N–H and O–H groups in total. The van der Waals surface area contributed by atoms with Crippen LogP contribution in [0, 0.1) is 5.92 Å². The molecule has 0 unspecified atom stereocenters. The Hall–Kier alpha value is -1.43. The fourth-order valence-corrected chi connectivity index (χ4v) is 1.79. The van der Waals surface area contributed by atoms with E-state index in [2.05, 4.69) is 10.1 Å². The van der Waals surface area contributed by atoms with E-state index >= 15 is 0 Å². The first-order valence-corrected chi connectivity index (χ1v) is 7.30. The minimum atomic E-state index is -0.393. The second-order valence-corrected chi connectivity index (χ2v) is 5.80. The van der Waals surface area contributed by atoms with Gasteiger partial charge in [-0.3, -0.25) is 14.4 Å². The maximum absolute atomic E-state index is 11.6. The minimum absolute atomic E-state index is 0.0324. The molecule has 1 saturated heterocycles. The molecule has 1 aliphatic heterocycles. The van der Waals surface area contributed by atoms with Crippen molar-refractivity contribution in [2.45, 2.75) is 52.6 Å². The van der Waals surface area contributed by atoms with E-state index < -0.39 is 5.97 Å². The summed E-state index contributed by atoms with van der Waals surface area (Å²) in [4.78, 5) is 32.2. The van der Waals surface area contributed by atoms with Gasteiger partial charge < -0.3 is 14.8 Å². The van der Waals surface area contributed by atoms with Gasteiger partial charge in [0.1, 0.15) is 17.8 Å². The molecule has 1 rings (SSSR count). The first-order valence-electron chi connectivity index (χ1n) is 7.30. The van der Waals surface area contributed by atoms with Crippen molar-refractivity contribution >= 4 is 18.2 Å². The zero-order chi connectivity index (χ0) is 16.3. The van der Waals surface area contributed by atoms with E-state index in [4.69, 9.17) is 4.74 Å². The summed E-state index contributed by atoms with van der Waals surface area (Å²) >= 11 is 0. The van der Waals surface area contributed by atoms with E-state index in [0.29, 0.717) is 13.1 Å². The lowest BCUT2D eigenvalue weighted by Crippen LogP contribution is -2.32. The van der Waals surface area contributed by atoms with Crippen LogP contribution in [0.4, 0.5) is 0 Å². The number of ether oxygens (including phenoxy) is 2. The van der Waals surface area contributed by atoms with Crippen LogP contribution in [0.15, 0.2) is 0 Å². The van der Waals surface area contributed by atoms with Crippen LogP contribution in [0.25, 0.3) is 0 Å². The van der Waals surface area contributed by atoms with Gasteiger partial charge in [-0.05, 0) is 53.6 Å². The van der Waals surface area contributed by atoms with Crippen LogP contribution in [-0.4, -0.2) is 43.5 Å². The van der Waals surface area contributed by atoms with Crippen molar-refractivity contribution in [2.75, 3.05) is 19.7 Å². The Balaban J connectivity index is 0.000000486. The molecule has 6 nitrogen and oxygen atoms in total. The summed E-state index contributed by atoms with van der Waals surface area (Å²) in [5.74, 6) is -0.304. The standard InChI is InChI=1S/C10H17NO3.C5H10O2/c1-2-14-10(13)7-9(12)8-3-5-11-6-4-8;1-5(2,3)7-4-6/h8,11H,2-7H2,1H3;4H,1-3H3. The molecule has 6 heteroatoms. The molecule has 0 saturated carbocycles. The number of Topliss-reactive ketones (excluding diaryl/α,β-unsaturated/α-hetero) is 1. The van der Waals surface area contributed by atoms with Crippen molar-refractivity contribution in [3.63, 3.8) is 0 Å². The average molecular weight is 301 g/mol. The van der Waals surface area contributed by atoms with Crippen LogP contribution >= 0.6 is 0 Å². The lowest BCUT2D eigenvalue weighted by atomic mass is 9.92. The van der Waals surface area contributed by atoms with Gasteiger partial charge in [0, 0.05) is 5.92 Å². The van der Waals surface area contributed by atoms with E-state index in [1.165, 1.54) is 0 Å². The largest absolute Gasteiger partial charge is 0.466 e. The molecule has 0 aliphatic carbocycles. The molecule has 0 spiro atoms. The first-order chi connectivity index (χ1) is 9.80. The van der Waals surface area contributed by atoms with Crippen molar-refractivity contribution in [1.29, 1.82) is 0 Å². The average Bonchev–Trinajstić information content (AvgIpc) is 2.39. The molecular formula is C15H27NO5. The second-order valence-electron chi connectivity index (χ2n) is 5.80. The van der Waals surface area contributed by atoms with Gasteiger partial charge in [0.25, 0.3) is 6.47 Å². The number of piperidine rings is 1. The third-order valence-corrected chi connectivity index (χ3v) is 2.82. The van der Waals surface area contributed by atoms with Gasteiger partial charge in [-0.25, -0.2) is 0 Å². The summed E-state index contributed by atoms with van der Waals surface area (Å²) in [7, 11) is 0. The molecule has 122 valence electrons. The smallest absolute Gasteiger partial charge is 0.313 e. The predicted molar refractivity (Wildman–Crippen MR) is 78.8 cm³/mol. The van der Waals surface area contributed by atoms with Crippen LogP contribution in [0.5, 0.6) is 0 Å². The van der Waals surface area contributed by atoms with Crippen LogP contribution in [0.2, 0.25) is 0 Å². The monoisotopic (exact) mass is 301 g/mol. The van der Waals surface area contributed by atoms with E-state index in [-0.39, 0.29) is 23.7 Å². The lowest BCUT2D eigenvalue weighted by Gasteiger charge is -2.20. The number of ketones is 1. The Morgan fingerprint density at radius 3 is 2.19 bits per heavy atom. The van der Waals surface area contributed by atoms with E-state index in [9.17, 15) is 14.4 Å². The highest BCUT2D eigenvalue weighted by Crippen LogP contribution is 2.14. The molecule has 1 heterocycles. The predicted octanol–water partition coefficient (Wildman–Crippen LogP) is 1.47. The maximum atomic E-state index is 11.6. The molecule has 0 radical (unpaired) electrons. The van der Waals surface area contributed by atoms with Gasteiger partial charge in [0.15, 0.2) is 0 Å². The molecular weight excluding hydrogens is 274 g/mol. The van der Waals surface area contributed by atoms with Crippen molar-refractivity contribution in [3.05, 3.63) is 0 Å². The Kier molecular flexibility index (Phi) is 9.62. The second kappa shape index (κ2) is 10.3. The van der Waals surface area contributed by atoms with Crippen LogP contribution in [0.1, 0.15) is 47.0 Å². The topological polar surface area (TPSA) is 81.7 Å². The van der Waals surface area contributed by atoms with E-state index in [1.54, 1.807) is 6.92 Å². The fraction of sp³-hybridized carbons (Fsp3) is 0.800. The van der Waals surface area contributed by atoms with Gasteiger partial charge in [-0.15, -0.1) is 0 Å². The Bertz CT molecular complexity index is 329. The summed E-state index contributed by atoms with van der Waals surface area (Å²) in [6.07, 6.45) is 1.63. The van der Waals surface area contributed by atoms with Gasteiger partial charge in [0.05, 0.1) is 6.61 Å². The summed E-state index contributed by atoms with van der Waals surface area (Å²) in [6, 6.07) is 0. The van der Waals surface area contributed by atoms with Crippen molar-refractivity contribution in [2.24, 2.45) is 5.92 Å². The van der Waals surface area contributed by atoms with E-state index in [0.717, 1.165) is 25.9 Å². The Morgan fingerprint density at radius 1 is 1.24 bits per heavy atom. The molecule has 0 aromatic rings.